The van der Waals surface area contributed by atoms with Crippen molar-refractivity contribution in [1.29, 1.82) is 0 Å². The van der Waals surface area contributed by atoms with Crippen LogP contribution in [0.3, 0.4) is 0 Å². The van der Waals surface area contributed by atoms with E-state index in [1.807, 2.05) is 13.8 Å². The van der Waals surface area contributed by atoms with Gasteiger partial charge in [0.2, 0.25) is 0 Å². The number of hydrogen-bond acceptors (Lipinski definition) is 2. The maximum atomic E-state index is 13.7. The molecule has 0 amide bonds. The van der Waals surface area contributed by atoms with Gasteiger partial charge >= 0.3 is 0 Å². The molecule has 0 spiro atoms. The van der Waals surface area contributed by atoms with Gasteiger partial charge in [0.25, 0.3) is 0 Å². The molecular formula is C13H12ClFN2. The van der Waals surface area contributed by atoms with Crippen LogP contribution < -0.4 is 0 Å². The third-order valence-electron chi connectivity index (χ3n) is 2.52. The van der Waals surface area contributed by atoms with Gasteiger partial charge in [-0.3, -0.25) is 0 Å². The molecule has 0 fully saturated rings. The second kappa shape index (κ2) is 4.80. The van der Waals surface area contributed by atoms with Gasteiger partial charge in [-0.05, 0) is 18.1 Å². The Hall–Kier alpha value is -1.48. The molecule has 17 heavy (non-hydrogen) atoms. The Morgan fingerprint density at radius 1 is 1.12 bits per heavy atom. The predicted molar refractivity (Wildman–Crippen MR) is 66.5 cm³/mol. The molecule has 88 valence electrons. The van der Waals surface area contributed by atoms with Crippen molar-refractivity contribution in [2.45, 2.75) is 19.8 Å². The van der Waals surface area contributed by atoms with E-state index in [0.29, 0.717) is 11.1 Å². The summed E-state index contributed by atoms with van der Waals surface area (Å²) in [5, 5.41) is 8.08. The molecule has 0 aliphatic heterocycles. The highest BCUT2D eigenvalue weighted by Gasteiger charge is 2.12. The lowest BCUT2D eigenvalue weighted by atomic mass is 10.0. The van der Waals surface area contributed by atoms with Gasteiger partial charge in [0.05, 0.1) is 5.69 Å². The summed E-state index contributed by atoms with van der Waals surface area (Å²) < 4.78 is 13.7. The van der Waals surface area contributed by atoms with Crippen LogP contribution in [-0.4, -0.2) is 10.2 Å². The van der Waals surface area contributed by atoms with Crippen LogP contribution in [0.5, 0.6) is 0 Å². The van der Waals surface area contributed by atoms with E-state index in [-0.39, 0.29) is 16.9 Å². The van der Waals surface area contributed by atoms with Crippen LogP contribution in [-0.2, 0) is 0 Å². The molecule has 0 saturated carbocycles. The molecule has 0 saturated heterocycles. The highest BCUT2D eigenvalue weighted by molar-refractivity contribution is 6.32. The summed E-state index contributed by atoms with van der Waals surface area (Å²) in [6.45, 7) is 4.01. The van der Waals surface area contributed by atoms with Crippen LogP contribution in [0.15, 0.2) is 30.3 Å². The van der Waals surface area contributed by atoms with Gasteiger partial charge in [-0.25, -0.2) is 4.39 Å². The smallest absolute Gasteiger partial charge is 0.159 e. The van der Waals surface area contributed by atoms with Gasteiger partial charge in [0.15, 0.2) is 5.15 Å². The normalized spacial score (nSPS) is 10.9. The van der Waals surface area contributed by atoms with Crippen molar-refractivity contribution >= 4 is 11.6 Å². The average Bonchev–Trinajstić information content (AvgIpc) is 2.30. The largest absolute Gasteiger partial charge is 0.206 e. The van der Waals surface area contributed by atoms with E-state index in [0.717, 1.165) is 5.69 Å². The Morgan fingerprint density at radius 2 is 1.82 bits per heavy atom. The van der Waals surface area contributed by atoms with Crippen molar-refractivity contribution in [3.8, 4) is 11.1 Å². The zero-order valence-electron chi connectivity index (χ0n) is 9.61. The lowest BCUT2D eigenvalue weighted by molar-refractivity contribution is 0.631. The zero-order chi connectivity index (χ0) is 12.4. The second-order valence-electron chi connectivity index (χ2n) is 4.11. The van der Waals surface area contributed by atoms with E-state index < -0.39 is 0 Å². The number of hydrogen-bond donors (Lipinski definition) is 0. The minimum Gasteiger partial charge on any atom is -0.206 e. The van der Waals surface area contributed by atoms with E-state index in [1.54, 1.807) is 24.3 Å². The number of halogens is 2. The second-order valence-corrected chi connectivity index (χ2v) is 4.47. The first-order chi connectivity index (χ1) is 8.09. The zero-order valence-corrected chi connectivity index (χ0v) is 10.4. The molecule has 0 aliphatic carbocycles. The van der Waals surface area contributed by atoms with Crippen molar-refractivity contribution < 1.29 is 4.39 Å². The van der Waals surface area contributed by atoms with E-state index >= 15 is 0 Å². The van der Waals surface area contributed by atoms with Gasteiger partial charge in [-0.15, -0.1) is 5.10 Å². The minimum absolute atomic E-state index is 0.222. The first-order valence-corrected chi connectivity index (χ1v) is 5.75. The summed E-state index contributed by atoms with van der Waals surface area (Å²) in [6.07, 6.45) is 0. The molecule has 0 aliphatic rings. The average molecular weight is 251 g/mol. The molecule has 0 radical (unpaired) electrons. The van der Waals surface area contributed by atoms with Crippen LogP contribution in [0.25, 0.3) is 11.1 Å². The van der Waals surface area contributed by atoms with Crippen molar-refractivity contribution in [3.05, 3.63) is 47.0 Å². The van der Waals surface area contributed by atoms with Crippen molar-refractivity contribution in [2.24, 2.45) is 0 Å². The van der Waals surface area contributed by atoms with Gasteiger partial charge in [0.1, 0.15) is 5.82 Å². The maximum absolute atomic E-state index is 13.7. The van der Waals surface area contributed by atoms with Crippen LogP contribution in [0.1, 0.15) is 25.5 Å². The van der Waals surface area contributed by atoms with E-state index in [4.69, 9.17) is 11.6 Å². The molecule has 2 aromatic rings. The van der Waals surface area contributed by atoms with Gasteiger partial charge in [-0.2, -0.15) is 5.10 Å². The number of benzene rings is 1. The summed E-state index contributed by atoms with van der Waals surface area (Å²) in [7, 11) is 0. The van der Waals surface area contributed by atoms with Crippen molar-refractivity contribution in [2.75, 3.05) is 0 Å². The molecule has 0 atom stereocenters. The fraction of sp³-hybridized carbons (Fsp3) is 0.231. The molecular weight excluding hydrogens is 239 g/mol. The molecule has 2 nitrogen and oxygen atoms in total. The van der Waals surface area contributed by atoms with Crippen molar-refractivity contribution in [3.63, 3.8) is 0 Å². The van der Waals surface area contributed by atoms with Crippen LogP contribution in [0.2, 0.25) is 5.15 Å². The quantitative estimate of drug-likeness (QED) is 0.803. The summed E-state index contributed by atoms with van der Waals surface area (Å²) in [6, 6.07) is 8.29. The Labute approximate surface area is 104 Å². The first-order valence-electron chi connectivity index (χ1n) is 5.37. The lowest BCUT2D eigenvalue weighted by Crippen LogP contribution is -1.98. The molecule has 1 aromatic heterocycles. The van der Waals surface area contributed by atoms with Crippen LogP contribution >= 0.6 is 11.6 Å². The van der Waals surface area contributed by atoms with Crippen LogP contribution in [0, 0.1) is 5.82 Å². The Balaban J connectivity index is 2.59. The predicted octanol–water partition coefficient (Wildman–Crippen LogP) is 4.06. The maximum Gasteiger partial charge on any atom is 0.159 e. The molecule has 0 unspecified atom stereocenters. The third-order valence-corrected chi connectivity index (χ3v) is 2.80. The molecule has 1 heterocycles. The SMILES string of the molecule is CC(C)c1cc(-c2ccccc2F)c(Cl)nn1. The third kappa shape index (κ3) is 2.44. The Bertz CT molecular complexity index is 541. The Morgan fingerprint density at radius 3 is 2.47 bits per heavy atom. The monoisotopic (exact) mass is 250 g/mol. The number of aromatic nitrogens is 2. The molecule has 1 aromatic carbocycles. The molecule has 2 rings (SSSR count). The fourth-order valence-electron chi connectivity index (χ4n) is 1.54. The topological polar surface area (TPSA) is 25.8 Å². The summed E-state index contributed by atoms with van der Waals surface area (Å²) in [4.78, 5) is 0. The van der Waals surface area contributed by atoms with Gasteiger partial charge in [0, 0.05) is 11.1 Å². The fourth-order valence-corrected chi connectivity index (χ4v) is 1.74. The first kappa shape index (κ1) is 12.0. The standard InChI is InChI=1S/C13H12ClFN2/c1-8(2)12-7-10(13(14)17-16-12)9-5-3-4-6-11(9)15/h3-8H,1-2H3. The molecule has 0 N–H and O–H groups in total. The summed E-state index contributed by atoms with van der Waals surface area (Å²) >= 11 is 5.97. The lowest BCUT2D eigenvalue weighted by Gasteiger charge is -2.08. The van der Waals surface area contributed by atoms with E-state index in [2.05, 4.69) is 10.2 Å². The van der Waals surface area contributed by atoms with E-state index in [1.165, 1.54) is 6.07 Å². The molecule has 4 heteroatoms. The van der Waals surface area contributed by atoms with Crippen molar-refractivity contribution in [1.82, 2.24) is 10.2 Å². The van der Waals surface area contributed by atoms with Gasteiger partial charge in [-0.1, -0.05) is 43.6 Å². The summed E-state index contributed by atoms with van der Waals surface area (Å²) in [5.74, 6) is -0.0811. The number of nitrogens with zero attached hydrogens (tertiary/aromatic N) is 2. The number of rotatable bonds is 2. The molecule has 0 bridgehead atoms. The van der Waals surface area contributed by atoms with Crippen LogP contribution in [0.4, 0.5) is 4.39 Å². The highest BCUT2D eigenvalue weighted by atomic mass is 35.5. The Kier molecular flexibility index (Phi) is 3.38. The summed E-state index contributed by atoms with van der Waals surface area (Å²) in [5.41, 5.74) is 1.84. The minimum atomic E-state index is -0.308. The highest BCUT2D eigenvalue weighted by Crippen LogP contribution is 2.29. The van der Waals surface area contributed by atoms with Gasteiger partial charge < -0.3 is 0 Å². The van der Waals surface area contributed by atoms with E-state index in [9.17, 15) is 4.39 Å².